The summed E-state index contributed by atoms with van der Waals surface area (Å²) in [5, 5.41) is 8.61. The molecule has 4 heteroatoms. The number of aliphatic carboxylic acids is 1. The maximum atomic E-state index is 14.3. The fourth-order valence-corrected chi connectivity index (χ4v) is 2.29. The Balaban J connectivity index is 2.18. The number of benzene rings is 2. The maximum absolute atomic E-state index is 14.3. The quantitative estimate of drug-likeness (QED) is 0.876. The van der Waals surface area contributed by atoms with Gasteiger partial charge in [-0.2, -0.15) is 0 Å². The van der Waals surface area contributed by atoms with Gasteiger partial charge in [0.25, 0.3) is 0 Å². The van der Waals surface area contributed by atoms with Crippen LogP contribution in [0.2, 0.25) is 0 Å². The van der Waals surface area contributed by atoms with Crippen LogP contribution in [0.5, 0.6) is 0 Å². The van der Waals surface area contributed by atoms with E-state index in [2.05, 4.69) is 0 Å². The highest BCUT2D eigenvalue weighted by Crippen LogP contribution is 2.27. The summed E-state index contributed by atoms with van der Waals surface area (Å²) in [6.07, 6.45) is -0.244. The monoisotopic (exact) mass is 300 g/mol. The SMILES string of the molecule is CC(C(=O)CCC(=O)O)c1ccc(-c2ccccc2)c(F)c1. The molecule has 0 bridgehead atoms. The Morgan fingerprint density at radius 1 is 1.09 bits per heavy atom. The molecular formula is C18H17FO3. The van der Waals surface area contributed by atoms with Crippen molar-refractivity contribution in [2.75, 3.05) is 0 Å². The van der Waals surface area contributed by atoms with E-state index < -0.39 is 11.9 Å². The molecule has 2 aromatic carbocycles. The Morgan fingerprint density at radius 2 is 1.77 bits per heavy atom. The molecule has 0 fully saturated rings. The molecule has 0 radical (unpaired) electrons. The van der Waals surface area contributed by atoms with Crippen LogP contribution in [0.1, 0.15) is 31.2 Å². The summed E-state index contributed by atoms with van der Waals surface area (Å²) in [6, 6.07) is 13.9. The number of carboxylic acids is 1. The van der Waals surface area contributed by atoms with Crippen molar-refractivity contribution in [1.82, 2.24) is 0 Å². The Kier molecular flexibility index (Phi) is 5.04. The summed E-state index contributed by atoms with van der Waals surface area (Å²) in [6.45, 7) is 1.67. The molecule has 0 spiro atoms. The molecule has 0 aromatic heterocycles. The van der Waals surface area contributed by atoms with Crippen molar-refractivity contribution in [3.05, 3.63) is 59.9 Å². The summed E-state index contributed by atoms with van der Waals surface area (Å²) in [5.74, 6) is -2.11. The van der Waals surface area contributed by atoms with Crippen molar-refractivity contribution in [2.45, 2.75) is 25.7 Å². The zero-order valence-electron chi connectivity index (χ0n) is 12.3. The van der Waals surface area contributed by atoms with Gasteiger partial charge in [0.15, 0.2) is 0 Å². The second-order valence-electron chi connectivity index (χ2n) is 5.19. The first kappa shape index (κ1) is 15.9. The van der Waals surface area contributed by atoms with E-state index >= 15 is 0 Å². The van der Waals surface area contributed by atoms with Crippen LogP contribution >= 0.6 is 0 Å². The first-order chi connectivity index (χ1) is 10.5. The van der Waals surface area contributed by atoms with E-state index in [-0.39, 0.29) is 24.4 Å². The predicted molar refractivity (Wildman–Crippen MR) is 82.1 cm³/mol. The van der Waals surface area contributed by atoms with E-state index in [4.69, 9.17) is 5.11 Å². The highest BCUT2D eigenvalue weighted by atomic mass is 19.1. The number of carboxylic acid groups (broad SMARTS) is 1. The van der Waals surface area contributed by atoms with E-state index in [0.717, 1.165) is 5.56 Å². The number of rotatable bonds is 6. The van der Waals surface area contributed by atoms with Gasteiger partial charge in [-0.05, 0) is 17.2 Å². The molecule has 1 atom stereocenters. The van der Waals surface area contributed by atoms with Gasteiger partial charge >= 0.3 is 5.97 Å². The second-order valence-corrected chi connectivity index (χ2v) is 5.19. The van der Waals surface area contributed by atoms with Crippen LogP contribution in [-0.4, -0.2) is 16.9 Å². The van der Waals surface area contributed by atoms with Crippen molar-refractivity contribution in [1.29, 1.82) is 0 Å². The number of hydrogen-bond acceptors (Lipinski definition) is 2. The minimum Gasteiger partial charge on any atom is -0.481 e. The number of ketones is 1. The van der Waals surface area contributed by atoms with Crippen LogP contribution in [0.25, 0.3) is 11.1 Å². The standard InChI is InChI=1S/C18H17FO3/c1-12(17(20)9-10-18(21)22)14-7-8-15(16(19)11-14)13-5-3-2-4-6-13/h2-8,11-12H,9-10H2,1H3,(H,21,22). The summed E-state index contributed by atoms with van der Waals surface area (Å²) in [5.41, 5.74) is 1.82. The maximum Gasteiger partial charge on any atom is 0.303 e. The minimum absolute atomic E-state index is 0.0431. The average Bonchev–Trinajstić information content (AvgIpc) is 2.52. The van der Waals surface area contributed by atoms with Gasteiger partial charge < -0.3 is 5.11 Å². The van der Waals surface area contributed by atoms with Gasteiger partial charge in [0.1, 0.15) is 11.6 Å². The largest absolute Gasteiger partial charge is 0.481 e. The number of carbonyl (C=O) groups excluding carboxylic acids is 1. The molecule has 0 saturated carbocycles. The topological polar surface area (TPSA) is 54.4 Å². The molecule has 0 amide bonds. The third-order valence-electron chi connectivity index (χ3n) is 3.65. The van der Waals surface area contributed by atoms with Gasteiger partial charge in [-0.3, -0.25) is 9.59 Å². The first-order valence-electron chi connectivity index (χ1n) is 7.08. The van der Waals surface area contributed by atoms with Gasteiger partial charge in [0, 0.05) is 17.9 Å². The first-order valence-corrected chi connectivity index (χ1v) is 7.08. The Hall–Kier alpha value is -2.49. The second kappa shape index (κ2) is 6.98. The molecule has 22 heavy (non-hydrogen) atoms. The van der Waals surface area contributed by atoms with E-state index in [1.165, 1.54) is 6.07 Å². The normalized spacial score (nSPS) is 11.9. The van der Waals surface area contributed by atoms with Crippen LogP contribution in [0.3, 0.4) is 0 Å². The van der Waals surface area contributed by atoms with Crippen LogP contribution in [0.4, 0.5) is 4.39 Å². The number of halogens is 1. The van der Waals surface area contributed by atoms with Gasteiger partial charge in [0.05, 0.1) is 6.42 Å². The van der Waals surface area contributed by atoms with Crippen LogP contribution in [0, 0.1) is 5.82 Å². The molecule has 0 aliphatic carbocycles. The lowest BCUT2D eigenvalue weighted by molar-refractivity contribution is -0.138. The zero-order valence-corrected chi connectivity index (χ0v) is 12.3. The van der Waals surface area contributed by atoms with Crippen molar-refractivity contribution in [3.63, 3.8) is 0 Å². The molecule has 0 saturated heterocycles. The third kappa shape index (κ3) is 3.79. The Morgan fingerprint density at radius 3 is 2.36 bits per heavy atom. The smallest absolute Gasteiger partial charge is 0.303 e. The van der Waals surface area contributed by atoms with E-state index in [0.29, 0.717) is 11.1 Å². The molecule has 0 heterocycles. The summed E-state index contributed by atoms with van der Waals surface area (Å²) in [7, 11) is 0. The van der Waals surface area contributed by atoms with Gasteiger partial charge in [-0.25, -0.2) is 4.39 Å². The molecule has 1 N–H and O–H groups in total. The average molecular weight is 300 g/mol. The van der Waals surface area contributed by atoms with Crippen molar-refractivity contribution < 1.29 is 19.1 Å². The zero-order chi connectivity index (χ0) is 16.1. The third-order valence-corrected chi connectivity index (χ3v) is 3.65. The van der Waals surface area contributed by atoms with Crippen molar-refractivity contribution >= 4 is 11.8 Å². The molecule has 2 rings (SSSR count). The van der Waals surface area contributed by atoms with Crippen molar-refractivity contribution in [3.8, 4) is 11.1 Å². The van der Waals surface area contributed by atoms with E-state index in [1.54, 1.807) is 19.1 Å². The molecule has 0 aliphatic heterocycles. The molecule has 3 nitrogen and oxygen atoms in total. The Bertz CT molecular complexity index is 680. The van der Waals surface area contributed by atoms with Crippen molar-refractivity contribution in [2.24, 2.45) is 0 Å². The molecule has 0 aliphatic rings. The Labute approximate surface area is 128 Å². The van der Waals surface area contributed by atoms with E-state index in [1.807, 2.05) is 30.3 Å². The summed E-state index contributed by atoms with van der Waals surface area (Å²) in [4.78, 5) is 22.4. The highest BCUT2D eigenvalue weighted by Gasteiger charge is 2.18. The lowest BCUT2D eigenvalue weighted by atomic mass is 9.92. The molecule has 2 aromatic rings. The van der Waals surface area contributed by atoms with Gasteiger partial charge in [-0.15, -0.1) is 0 Å². The molecular weight excluding hydrogens is 283 g/mol. The molecule has 1 unspecified atom stereocenters. The number of carbonyl (C=O) groups is 2. The fourth-order valence-electron chi connectivity index (χ4n) is 2.29. The minimum atomic E-state index is -1.01. The number of Topliss-reactive ketones (excluding diaryl/α,β-unsaturated/α-hetero) is 1. The lowest BCUT2D eigenvalue weighted by Crippen LogP contribution is -2.11. The van der Waals surface area contributed by atoms with Crippen LogP contribution < -0.4 is 0 Å². The van der Waals surface area contributed by atoms with Gasteiger partial charge in [0.2, 0.25) is 0 Å². The lowest BCUT2D eigenvalue weighted by Gasteiger charge is -2.12. The summed E-state index contributed by atoms with van der Waals surface area (Å²) >= 11 is 0. The van der Waals surface area contributed by atoms with Crippen LogP contribution in [-0.2, 0) is 9.59 Å². The predicted octanol–water partition coefficient (Wildman–Crippen LogP) is 4.03. The summed E-state index contributed by atoms with van der Waals surface area (Å²) < 4.78 is 14.3. The molecule has 114 valence electrons. The van der Waals surface area contributed by atoms with Gasteiger partial charge in [-0.1, -0.05) is 49.4 Å². The fraction of sp³-hybridized carbons (Fsp3) is 0.222. The van der Waals surface area contributed by atoms with E-state index in [9.17, 15) is 14.0 Å². The highest BCUT2D eigenvalue weighted by molar-refractivity contribution is 5.88. The number of hydrogen-bond donors (Lipinski definition) is 1. The van der Waals surface area contributed by atoms with Crippen LogP contribution in [0.15, 0.2) is 48.5 Å².